The van der Waals surface area contributed by atoms with Gasteiger partial charge in [-0.15, -0.1) is 0 Å². The maximum atomic E-state index is 12.1. The zero-order valence-corrected chi connectivity index (χ0v) is 11.6. The second-order valence-corrected chi connectivity index (χ2v) is 4.58. The molecule has 19 heavy (non-hydrogen) atoms. The number of aromatic nitrogens is 1. The molecule has 5 heteroatoms. The zero-order valence-electron chi connectivity index (χ0n) is 11.6. The van der Waals surface area contributed by atoms with Gasteiger partial charge in [0.05, 0.1) is 11.7 Å². The minimum Gasteiger partial charge on any atom is -0.456 e. The van der Waals surface area contributed by atoms with E-state index in [-0.39, 0.29) is 11.9 Å². The van der Waals surface area contributed by atoms with Crippen LogP contribution in [0, 0.1) is 20.8 Å². The Balaban J connectivity index is 2.18. The number of hydrogen-bond donors (Lipinski definition) is 1. The van der Waals surface area contributed by atoms with Gasteiger partial charge in [0.25, 0.3) is 5.91 Å². The second kappa shape index (κ2) is 5.30. The Morgan fingerprint density at radius 2 is 2.11 bits per heavy atom. The smallest absolute Gasteiger partial charge is 0.287 e. The average Bonchev–Trinajstić information content (AvgIpc) is 2.94. The molecule has 2 rings (SSSR count). The number of carbonyl (C=O) groups excluding carboxylic acids is 1. The Bertz CT molecular complexity index is 564. The number of furan rings is 1. The first-order valence-corrected chi connectivity index (χ1v) is 6.33. The van der Waals surface area contributed by atoms with Crippen molar-refractivity contribution in [2.75, 3.05) is 0 Å². The number of amides is 1. The third-order valence-corrected chi connectivity index (χ3v) is 3.11. The lowest BCUT2D eigenvalue weighted by atomic mass is 10.0. The largest absolute Gasteiger partial charge is 0.456 e. The van der Waals surface area contributed by atoms with Crippen molar-refractivity contribution >= 4 is 5.91 Å². The molecule has 1 amide bonds. The van der Waals surface area contributed by atoms with Gasteiger partial charge in [0, 0.05) is 5.56 Å². The first-order valence-electron chi connectivity index (χ1n) is 6.33. The monoisotopic (exact) mass is 262 g/mol. The molecular formula is C14H18N2O3. The third-order valence-electron chi connectivity index (χ3n) is 3.11. The summed E-state index contributed by atoms with van der Waals surface area (Å²) in [6.45, 7) is 7.53. The van der Waals surface area contributed by atoms with Gasteiger partial charge in [-0.2, -0.15) is 0 Å². The summed E-state index contributed by atoms with van der Waals surface area (Å²) in [6.07, 6.45) is 0.758. The highest BCUT2D eigenvalue weighted by Crippen LogP contribution is 2.24. The van der Waals surface area contributed by atoms with Crippen LogP contribution in [0.25, 0.3) is 0 Å². The van der Waals surface area contributed by atoms with Crippen molar-refractivity contribution < 1.29 is 13.7 Å². The number of carbonyl (C=O) groups is 1. The van der Waals surface area contributed by atoms with E-state index in [1.807, 2.05) is 27.7 Å². The van der Waals surface area contributed by atoms with Gasteiger partial charge in [0.2, 0.25) is 0 Å². The SMILES string of the molecule is CCC(NC(=O)c1ccc(C)o1)c1c(C)noc1C. The topological polar surface area (TPSA) is 68.3 Å². The van der Waals surface area contributed by atoms with Gasteiger partial charge in [-0.25, -0.2) is 0 Å². The molecule has 0 bridgehead atoms. The fourth-order valence-electron chi connectivity index (χ4n) is 2.15. The molecule has 5 nitrogen and oxygen atoms in total. The van der Waals surface area contributed by atoms with Crippen molar-refractivity contribution in [3.63, 3.8) is 0 Å². The molecular weight excluding hydrogens is 244 g/mol. The highest BCUT2D eigenvalue weighted by atomic mass is 16.5. The molecule has 1 N–H and O–H groups in total. The second-order valence-electron chi connectivity index (χ2n) is 4.58. The molecule has 0 saturated heterocycles. The number of rotatable bonds is 4. The van der Waals surface area contributed by atoms with Crippen LogP contribution in [-0.4, -0.2) is 11.1 Å². The molecule has 0 aliphatic heterocycles. The van der Waals surface area contributed by atoms with E-state index < -0.39 is 0 Å². The maximum Gasteiger partial charge on any atom is 0.287 e. The van der Waals surface area contributed by atoms with Crippen LogP contribution in [0.3, 0.4) is 0 Å². The van der Waals surface area contributed by atoms with Crippen LogP contribution < -0.4 is 5.32 Å². The van der Waals surface area contributed by atoms with Crippen LogP contribution in [0.4, 0.5) is 0 Å². The van der Waals surface area contributed by atoms with Gasteiger partial charge in [-0.3, -0.25) is 4.79 Å². The molecule has 0 aromatic carbocycles. The van der Waals surface area contributed by atoms with Gasteiger partial charge < -0.3 is 14.3 Å². The number of hydrogen-bond acceptors (Lipinski definition) is 4. The predicted octanol–water partition coefficient (Wildman–Crippen LogP) is 3.07. The van der Waals surface area contributed by atoms with Crippen molar-refractivity contribution in [2.24, 2.45) is 0 Å². The van der Waals surface area contributed by atoms with Gasteiger partial charge >= 0.3 is 0 Å². The van der Waals surface area contributed by atoms with E-state index in [2.05, 4.69) is 10.5 Å². The first kappa shape index (κ1) is 13.4. The van der Waals surface area contributed by atoms with E-state index in [0.717, 1.165) is 29.2 Å². The molecule has 0 fully saturated rings. The Kier molecular flexibility index (Phi) is 3.74. The molecule has 0 aliphatic rings. The molecule has 0 saturated carbocycles. The molecule has 0 spiro atoms. The summed E-state index contributed by atoms with van der Waals surface area (Å²) in [5.41, 5.74) is 1.75. The summed E-state index contributed by atoms with van der Waals surface area (Å²) in [6, 6.07) is 3.32. The van der Waals surface area contributed by atoms with Crippen molar-refractivity contribution in [1.29, 1.82) is 0 Å². The van der Waals surface area contributed by atoms with Gasteiger partial charge in [0.1, 0.15) is 11.5 Å². The lowest BCUT2D eigenvalue weighted by Crippen LogP contribution is -2.28. The number of nitrogens with one attached hydrogen (secondary N) is 1. The lowest BCUT2D eigenvalue weighted by molar-refractivity contribution is 0.0906. The Hall–Kier alpha value is -2.04. The maximum absolute atomic E-state index is 12.1. The molecule has 102 valence electrons. The highest BCUT2D eigenvalue weighted by Gasteiger charge is 2.22. The van der Waals surface area contributed by atoms with E-state index in [0.29, 0.717) is 5.76 Å². The zero-order chi connectivity index (χ0) is 14.0. The van der Waals surface area contributed by atoms with E-state index in [1.54, 1.807) is 12.1 Å². The summed E-state index contributed by atoms with van der Waals surface area (Å²) in [5.74, 6) is 1.55. The van der Waals surface area contributed by atoms with Gasteiger partial charge in [-0.1, -0.05) is 12.1 Å². The van der Waals surface area contributed by atoms with Crippen molar-refractivity contribution in [3.8, 4) is 0 Å². The molecule has 2 aromatic heterocycles. The molecule has 0 radical (unpaired) electrons. The van der Waals surface area contributed by atoms with Crippen LogP contribution in [0.1, 0.15) is 52.7 Å². The first-order chi connectivity index (χ1) is 9.02. The van der Waals surface area contributed by atoms with Crippen LogP contribution in [-0.2, 0) is 0 Å². The predicted molar refractivity (Wildman–Crippen MR) is 69.9 cm³/mol. The Labute approximate surface area is 112 Å². The fourth-order valence-corrected chi connectivity index (χ4v) is 2.15. The summed E-state index contributed by atoms with van der Waals surface area (Å²) >= 11 is 0. The summed E-state index contributed by atoms with van der Waals surface area (Å²) in [7, 11) is 0. The molecule has 2 aromatic rings. The van der Waals surface area contributed by atoms with Gasteiger partial charge in [-0.05, 0) is 39.3 Å². The van der Waals surface area contributed by atoms with Crippen LogP contribution in [0.2, 0.25) is 0 Å². The Morgan fingerprint density at radius 3 is 2.58 bits per heavy atom. The van der Waals surface area contributed by atoms with Crippen molar-refractivity contribution in [2.45, 2.75) is 40.2 Å². The minimum atomic E-state index is -0.222. The van der Waals surface area contributed by atoms with E-state index in [4.69, 9.17) is 8.94 Å². The van der Waals surface area contributed by atoms with Crippen LogP contribution >= 0.6 is 0 Å². The molecule has 1 atom stereocenters. The Morgan fingerprint density at radius 1 is 1.37 bits per heavy atom. The highest BCUT2D eigenvalue weighted by molar-refractivity contribution is 5.91. The minimum absolute atomic E-state index is 0.121. The summed E-state index contributed by atoms with van der Waals surface area (Å²) in [4.78, 5) is 12.1. The summed E-state index contributed by atoms with van der Waals surface area (Å²) < 4.78 is 10.5. The third kappa shape index (κ3) is 2.70. The summed E-state index contributed by atoms with van der Waals surface area (Å²) in [5, 5.41) is 6.87. The number of nitrogens with zero attached hydrogens (tertiary/aromatic N) is 1. The normalized spacial score (nSPS) is 12.4. The van der Waals surface area contributed by atoms with E-state index in [1.165, 1.54) is 0 Å². The molecule has 0 aliphatic carbocycles. The quantitative estimate of drug-likeness (QED) is 0.919. The lowest BCUT2D eigenvalue weighted by Gasteiger charge is -2.16. The van der Waals surface area contributed by atoms with Crippen LogP contribution in [0.5, 0.6) is 0 Å². The fraction of sp³-hybridized carbons (Fsp3) is 0.429. The van der Waals surface area contributed by atoms with Crippen molar-refractivity contribution in [3.05, 3.63) is 40.7 Å². The molecule has 2 heterocycles. The molecule has 1 unspecified atom stereocenters. The number of aryl methyl sites for hydroxylation is 3. The van der Waals surface area contributed by atoms with E-state index >= 15 is 0 Å². The van der Waals surface area contributed by atoms with Crippen LogP contribution in [0.15, 0.2) is 21.1 Å². The van der Waals surface area contributed by atoms with Crippen molar-refractivity contribution in [1.82, 2.24) is 10.5 Å². The average molecular weight is 262 g/mol. The van der Waals surface area contributed by atoms with Gasteiger partial charge in [0.15, 0.2) is 5.76 Å². The standard InChI is InChI=1S/C14H18N2O3/c1-5-11(13-9(3)16-19-10(13)4)15-14(17)12-7-6-8(2)18-12/h6-7,11H,5H2,1-4H3,(H,15,17). The van der Waals surface area contributed by atoms with E-state index in [9.17, 15) is 4.79 Å².